The third kappa shape index (κ3) is 2.85. The fourth-order valence-corrected chi connectivity index (χ4v) is 1.46. The lowest BCUT2D eigenvalue weighted by molar-refractivity contribution is -0.375. The highest BCUT2D eigenvalue weighted by Gasteiger charge is 2.85. The van der Waals surface area contributed by atoms with Gasteiger partial charge in [-0.05, 0) is 0 Å². The third-order valence-electron chi connectivity index (χ3n) is 2.67. The summed E-state index contributed by atoms with van der Waals surface area (Å²) in [5, 5.41) is 0. The van der Waals surface area contributed by atoms with E-state index in [0.717, 1.165) is 0 Å². The molecule has 0 saturated heterocycles. The van der Waals surface area contributed by atoms with Crippen molar-refractivity contribution < 1.29 is 66.2 Å². The van der Waals surface area contributed by atoms with Crippen LogP contribution in [0.5, 0.6) is 0 Å². The minimum absolute atomic E-state index is 1.89. The van der Waals surface area contributed by atoms with E-state index in [2.05, 4.69) is 4.74 Å². The van der Waals surface area contributed by atoms with Crippen molar-refractivity contribution in [2.24, 2.45) is 0 Å². The van der Waals surface area contributed by atoms with Crippen LogP contribution in [0.3, 0.4) is 0 Å². The highest BCUT2D eigenvalue weighted by atomic mass is 19.4. The van der Waals surface area contributed by atoms with Gasteiger partial charge >= 0.3 is 36.0 Å². The summed E-state index contributed by atoms with van der Waals surface area (Å²) >= 11 is 0. The van der Waals surface area contributed by atoms with Crippen molar-refractivity contribution >= 4 is 0 Å². The van der Waals surface area contributed by atoms with Gasteiger partial charge in [0.05, 0.1) is 0 Å². The Morgan fingerprint density at radius 2 is 1.08 bits per heavy atom. The Morgan fingerprint density at radius 3 is 1.42 bits per heavy atom. The first-order valence-electron chi connectivity index (χ1n) is 5.24. The van der Waals surface area contributed by atoms with Gasteiger partial charge in [0.25, 0.3) is 6.10 Å². The smallest absolute Gasteiger partial charge is 0.434 e. The van der Waals surface area contributed by atoms with Gasteiger partial charge < -0.3 is 4.74 Å². The number of hydrogen-bond acceptors (Lipinski definition) is 1. The zero-order valence-electron chi connectivity index (χ0n) is 10.4. The molecule has 1 aliphatic carbocycles. The van der Waals surface area contributed by atoms with Gasteiger partial charge in [-0.2, -0.15) is 61.5 Å². The average molecular weight is 392 g/mol. The molecule has 0 radical (unpaired) electrons. The summed E-state index contributed by atoms with van der Waals surface area (Å²) in [7, 11) is 0. The van der Waals surface area contributed by atoms with Crippen molar-refractivity contribution in [1.29, 1.82) is 0 Å². The summed E-state index contributed by atoms with van der Waals surface area (Å²) in [5.41, 5.74) is 0. The first-order chi connectivity index (χ1) is 10.2. The lowest BCUT2D eigenvalue weighted by atomic mass is 9.90. The van der Waals surface area contributed by atoms with Crippen LogP contribution in [0.15, 0.2) is 11.8 Å². The maximum absolute atomic E-state index is 13.1. The molecule has 0 spiro atoms. The van der Waals surface area contributed by atoms with Crippen LogP contribution in [0.4, 0.5) is 61.5 Å². The van der Waals surface area contributed by atoms with Crippen LogP contribution in [0.1, 0.15) is 0 Å². The molecule has 0 aliphatic heterocycles. The normalized spacial score (nSPS) is 25.4. The predicted molar refractivity (Wildman–Crippen MR) is 44.9 cm³/mol. The summed E-state index contributed by atoms with van der Waals surface area (Å²) < 4.78 is 178. The summed E-state index contributed by atoms with van der Waals surface area (Å²) in [5.74, 6) is -30.2. The second-order valence-corrected chi connectivity index (χ2v) is 4.44. The molecule has 0 amide bonds. The van der Waals surface area contributed by atoms with E-state index in [1.807, 2.05) is 0 Å². The predicted octanol–water partition coefficient (Wildman–Crippen LogP) is 4.93. The summed E-state index contributed by atoms with van der Waals surface area (Å²) in [6.07, 6.45) is -20.2. The van der Waals surface area contributed by atoms with Crippen LogP contribution < -0.4 is 0 Å². The molecule has 0 unspecified atom stereocenters. The Hall–Kier alpha value is -1.44. The fourth-order valence-electron chi connectivity index (χ4n) is 1.46. The van der Waals surface area contributed by atoms with E-state index in [1.165, 1.54) is 0 Å². The maximum atomic E-state index is 13.1. The number of alkyl halides is 14. The van der Waals surface area contributed by atoms with E-state index >= 15 is 0 Å². The number of ether oxygens (including phenoxy) is 1. The van der Waals surface area contributed by atoms with Crippen molar-refractivity contribution in [3.63, 3.8) is 0 Å². The van der Waals surface area contributed by atoms with E-state index in [9.17, 15) is 61.5 Å². The Kier molecular flexibility index (Phi) is 4.32. The van der Waals surface area contributed by atoms with Gasteiger partial charge in [0, 0.05) is 6.08 Å². The molecule has 0 N–H and O–H groups in total. The molecule has 0 saturated carbocycles. The largest absolute Gasteiger partial charge is 0.469 e. The van der Waals surface area contributed by atoms with Gasteiger partial charge in [-0.25, -0.2) is 0 Å². The van der Waals surface area contributed by atoms with E-state index in [0.29, 0.717) is 0 Å². The van der Waals surface area contributed by atoms with Gasteiger partial charge in [0.2, 0.25) is 0 Å². The van der Waals surface area contributed by atoms with Crippen LogP contribution in [0.2, 0.25) is 0 Å². The highest BCUT2D eigenvalue weighted by Crippen LogP contribution is 2.59. The van der Waals surface area contributed by atoms with Gasteiger partial charge in [-0.15, -0.1) is 0 Å². The number of hydrogen-bond donors (Lipinski definition) is 0. The Bertz CT molecular complexity index is 509. The number of allylic oxidation sites excluding steroid dienone is 2. The Morgan fingerprint density at radius 1 is 0.708 bits per heavy atom. The fraction of sp³-hybridized carbons (Fsp3) is 0.778. The minimum Gasteiger partial charge on any atom is -0.469 e. The molecule has 1 aliphatic rings. The standard InChI is InChI=1S/C9H2F14O/c10-4(11)1-2(5(12,13)9(22,23)8(4,20)21)24-3(6(14,15)16)7(17,18)19/h1,3H. The summed E-state index contributed by atoms with van der Waals surface area (Å²) in [6, 6.07) is 0. The maximum Gasteiger partial charge on any atom is 0.434 e. The molecule has 1 rings (SSSR count). The van der Waals surface area contributed by atoms with Gasteiger partial charge in [-0.1, -0.05) is 0 Å². The SMILES string of the molecule is FC(F)(F)C(OC1=CC(F)(F)C(F)(F)C(F)(F)C1(F)F)C(F)(F)F. The first kappa shape index (κ1) is 20.6. The molecule has 1 nitrogen and oxygen atoms in total. The van der Waals surface area contributed by atoms with Crippen molar-refractivity contribution in [2.75, 3.05) is 0 Å². The second-order valence-electron chi connectivity index (χ2n) is 4.44. The molecule has 0 fully saturated rings. The van der Waals surface area contributed by atoms with Crippen LogP contribution in [0.25, 0.3) is 0 Å². The Balaban J connectivity index is 3.50. The molecular weight excluding hydrogens is 390 g/mol. The molecule has 0 aromatic heterocycles. The van der Waals surface area contributed by atoms with Crippen molar-refractivity contribution in [1.82, 2.24) is 0 Å². The molecule has 0 atom stereocenters. The van der Waals surface area contributed by atoms with E-state index in [1.54, 1.807) is 0 Å². The lowest BCUT2D eigenvalue weighted by Gasteiger charge is -2.41. The molecule has 0 heterocycles. The van der Waals surface area contributed by atoms with Crippen molar-refractivity contribution in [2.45, 2.75) is 42.1 Å². The molecule has 0 aromatic rings. The zero-order valence-corrected chi connectivity index (χ0v) is 10.4. The first-order valence-corrected chi connectivity index (χ1v) is 5.24. The van der Waals surface area contributed by atoms with Crippen LogP contribution in [0, 0.1) is 0 Å². The molecular formula is C9H2F14O. The van der Waals surface area contributed by atoms with Crippen LogP contribution in [-0.4, -0.2) is 42.1 Å². The van der Waals surface area contributed by atoms with Gasteiger partial charge in [0.1, 0.15) is 0 Å². The van der Waals surface area contributed by atoms with Crippen molar-refractivity contribution in [3.8, 4) is 0 Å². The number of rotatable bonds is 2. The van der Waals surface area contributed by atoms with Gasteiger partial charge in [-0.3, -0.25) is 0 Å². The minimum atomic E-state index is -7.03. The zero-order chi connectivity index (χ0) is 19.6. The molecule has 0 bridgehead atoms. The molecule has 15 heteroatoms. The highest BCUT2D eigenvalue weighted by molar-refractivity contribution is 5.28. The average Bonchev–Trinajstić information content (AvgIpc) is 2.28. The quantitative estimate of drug-likeness (QED) is 0.606. The molecule has 24 heavy (non-hydrogen) atoms. The van der Waals surface area contributed by atoms with Crippen molar-refractivity contribution in [3.05, 3.63) is 11.8 Å². The monoisotopic (exact) mass is 392 g/mol. The van der Waals surface area contributed by atoms with Gasteiger partial charge in [0.15, 0.2) is 5.76 Å². The molecule has 0 aromatic carbocycles. The van der Waals surface area contributed by atoms with Crippen LogP contribution in [-0.2, 0) is 4.74 Å². The summed E-state index contributed by atoms with van der Waals surface area (Å²) in [4.78, 5) is 0. The molecule has 142 valence electrons. The Labute approximate surface area is 121 Å². The second kappa shape index (κ2) is 5.03. The summed E-state index contributed by atoms with van der Waals surface area (Å²) in [6.45, 7) is 0. The lowest BCUT2D eigenvalue weighted by Crippen LogP contribution is -2.66. The third-order valence-corrected chi connectivity index (χ3v) is 2.67. The topological polar surface area (TPSA) is 9.23 Å². The van der Waals surface area contributed by atoms with E-state index in [-0.39, 0.29) is 0 Å². The van der Waals surface area contributed by atoms with E-state index < -0.39 is 54.0 Å². The van der Waals surface area contributed by atoms with Crippen LogP contribution >= 0.6 is 0 Å². The van der Waals surface area contributed by atoms with E-state index in [4.69, 9.17) is 0 Å². The number of halogens is 14.